The average Bonchev–Trinajstić information content (AvgIpc) is 2.89. The molecule has 9 nitrogen and oxygen atoms in total. The molecule has 2 aliphatic rings. The lowest BCUT2D eigenvalue weighted by atomic mass is 10.1. The molecule has 0 aromatic rings. The lowest BCUT2D eigenvalue weighted by Gasteiger charge is -2.21. The molecule has 9 heteroatoms. The SMILES string of the molecule is O=[N+]([O-])C1=C(NC[C@H]2CCCO2)NC[C@@H]([N+](=O)[O-])C1. The molecule has 0 aromatic carbocycles. The quantitative estimate of drug-likeness (QED) is 0.527. The van der Waals surface area contributed by atoms with Crippen molar-refractivity contribution in [1.29, 1.82) is 0 Å². The smallest absolute Gasteiger partial charge is 0.292 e. The molecule has 106 valence electrons. The van der Waals surface area contributed by atoms with E-state index < -0.39 is 15.9 Å². The molecule has 2 aliphatic heterocycles. The van der Waals surface area contributed by atoms with E-state index in [0.717, 1.165) is 12.8 Å². The van der Waals surface area contributed by atoms with Gasteiger partial charge in [-0.2, -0.15) is 0 Å². The minimum Gasteiger partial charge on any atom is -0.376 e. The highest BCUT2D eigenvalue weighted by Crippen LogP contribution is 2.17. The fourth-order valence-corrected chi connectivity index (χ4v) is 2.22. The summed E-state index contributed by atoms with van der Waals surface area (Å²) in [5, 5.41) is 27.3. The zero-order chi connectivity index (χ0) is 13.8. The molecule has 19 heavy (non-hydrogen) atoms. The van der Waals surface area contributed by atoms with Crippen molar-refractivity contribution in [3.05, 3.63) is 31.7 Å². The first kappa shape index (κ1) is 13.5. The highest BCUT2D eigenvalue weighted by molar-refractivity contribution is 5.09. The van der Waals surface area contributed by atoms with E-state index in [2.05, 4.69) is 10.6 Å². The predicted molar refractivity (Wildman–Crippen MR) is 64.4 cm³/mol. The average molecular weight is 272 g/mol. The largest absolute Gasteiger partial charge is 0.376 e. The summed E-state index contributed by atoms with van der Waals surface area (Å²) in [6.45, 7) is 1.28. The number of nitrogens with one attached hydrogen (secondary N) is 2. The summed E-state index contributed by atoms with van der Waals surface area (Å²) >= 11 is 0. The van der Waals surface area contributed by atoms with Gasteiger partial charge in [0.1, 0.15) is 6.42 Å². The van der Waals surface area contributed by atoms with Crippen molar-refractivity contribution in [3.8, 4) is 0 Å². The molecule has 0 unspecified atom stereocenters. The van der Waals surface area contributed by atoms with Crippen LogP contribution < -0.4 is 10.6 Å². The van der Waals surface area contributed by atoms with Gasteiger partial charge in [0.05, 0.1) is 17.6 Å². The Morgan fingerprint density at radius 3 is 2.79 bits per heavy atom. The molecule has 2 N–H and O–H groups in total. The molecule has 1 saturated heterocycles. The summed E-state index contributed by atoms with van der Waals surface area (Å²) < 4.78 is 5.41. The van der Waals surface area contributed by atoms with Crippen LogP contribution >= 0.6 is 0 Å². The molecule has 2 rings (SSSR count). The monoisotopic (exact) mass is 272 g/mol. The van der Waals surface area contributed by atoms with Crippen LogP contribution in [0.15, 0.2) is 11.5 Å². The molecular weight excluding hydrogens is 256 g/mol. The Morgan fingerprint density at radius 2 is 2.21 bits per heavy atom. The molecule has 0 radical (unpaired) electrons. The second-order valence-electron chi connectivity index (χ2n) is 4.62. The van der Waals surface area contributed by atoms with Crippen LogP contribution in [0, 0.1) is 20.2 Å². The third kappa shape index (κ3) is 3.31. The maximum atomic E-state index is 10.9. The Kier molecular flexibility index (Phi) is 4.15. The number of rotatable bonds is 5. The highest BCUT2D eigenvalue weighted by Gasteiger charge is 2.35. The van der Waals surface area contributed by atoms with Crippen LogP contribution in [0.1, 0.15) is 19.3 Å². The third-order valence-electron chi connectivity index (χ3n) is 3.28. The zero-order valence-electron chi connectivity index (χ0n) is 10.3. The van der Waals surface area contributed by atoms with Gasteiger partial charge in [0.25, 0.3) is 5.70 Å². The van der Waals surface area contributed by atoms with E-state index in [1.165, 1.54) is 0 Å². The number of nitrogens with zero attached hydrogens (tertiary/aromatic N) is 2. The molecule has 0 bridgehead atoms. The van der Waals surface area contributed by atoms with Crippen molar-refractivity contribution in [2.75, 3.05) is 19.7 Å². The fourth-order valence-electron chi connectivity index (χ4n) is 2.22. The Balaban J connectivity index is 2.00. The number of ether oxygens (including phenoxy) is 1. The van der Waals surface area contributed by atoms with Crippen molar-refractivity contribution < 1.29 is 14.6 Å². The predicted octanol–water partition coefficient (Wildman–Crippen LogP) is -0.161. The Morgan fingerprint density at radius 1 is 1.42 bits per heavy atom. The Hall–Kier alpha value is -1.90. The van der Waals surface area contributed by atoms with E-state index in [9.17, 15) is 20.2 Å². The summed E-state index contributed by atoms with van der Waals surface area (Å²) in [5.41, 5.74) is -0.161. The van der Waals surface area contributed by atoms with Crippen LogP contribution in [0.4, 0.5) is 0 Å². The lowest BCUT2D eigenvalue weighted by molar-refractivity contribution is -0.529. The molecular formula is C10H16N4O5. The molecule has 2 atom stereocenters. The van der Waals surface area contributed by atoms with E-state index in [1.54, 1.807) is 0 Å². The molecule has 0 aliphatic carbocycles. The van der Waals surface area contributed by atoms with Gasteiger partial charge >= 0.3 is 0 Å². The molecule has 0 amide bonds. The number of nitro groups is 2. The number of hydrogen-bond donors (Lipinski definition) is 2. The Labute approximate surface area is 109 Å². The summed E-state index contributed by atoms with van der Waals surface area (Å²) in [5.74, 6) is 0.276. The first-order valence-electron chi connectivity index (χ1n) is 6.18. The van der Waals surface area contributed by atoms with E-state index in [1.807, 2.05) is 0 Å². The van der Waals surface area contributed by atoms with Crippen LogP contribution in [0.3, 0.4) is 0 Å². The first-order valence-corrected chi connectivity index (χ1v) is 6.18. The van der Waals surface area contributed by atoms with Gasteiger partial charge in [-0.3, -0.25) is 20.2 Å². The van der Waals surface area contributed by atoms with Gasteiger partial charge in [-0.05, 0) is 12.8 Å². The summed E-state index contributed by atoms with van der Waals surface area (Å²) in [6, 6.07) is -0.950. The minimum absolute atomic E-state index is 0.0514. The maximum absolute atomic E-state index is 10.9. The van der Waals surface area contributed by atoms with E-state index in [0.29, 0.717) is 13.2 Å². The lowest BCUT2D eigenvalue weighted by Crippen LogP contribution is -2.44. The highest BCUT2D eigenvalue weighted by atomic mass is 16.6. The summed E-state index contributed by atoms with van der Waals surface area (Å²) in [7, 11) is 0. The first-order chi connectivity index (χ1) is 9.08. The maximum Gasteiger partial charge on any atom is 0.292 e. The molecule has 1 fully saturated rings. The standard InChI is InChI=1S/C10H16N4O5/c15-13(16)7-4-9(14(17)18)10(11-5-7)12-6-8-2-1-3-19-8/h7-8,11-12H,1-6H2/t7-,8+/m0/s1. The van der Waals surface area contributed by atoms with Crippen LogP contribution in [-0.4, -0.2) is 41.7 Å². The van der Waals surface area contributed by atoms with Crippen LogP contribution in [0.2, 0.25) is 0 Å². The van der Waals surface area contributed by atoms with Gasteiger partial charge in [0.2, 0.25) is 6.04 Å². The molecule has 0 spiro atoms. The van der Waals surface area contributed by atoms with Crippen LogP contribution in [0.5, 0.6) is 0 Å². The van der Waals surface area contributed by atoms with E-state index in [4.69, 9.17) is 4.74 Å². The van der Waals surface area contributed by atoms with E-state index >= 15 is 0 Å². The summed E-state index contributed by atoms with van der Waals surface area (Å²) in [4.78, 5) is 20.6. The second-order valence-corrected chi connectivity index (χ2v) is 4.62. The molecule has 2 heterocycles. The summed E-state index contributed by atoms with van der Waals surface area (Å²) in [6.07, 6.45) is 1.80. The van der Waals surface area contributed by atoms with Crippen molar-refractivity contribution in [1.82, 2.24) is 10.6 Å². The van der Waals surface area contributed by atoms with Crippen molar-refractivity contribution in [2.45, 2.75) is 31.4 Å². The molecule has 0 aromatic heterocycles. The van der Waals surface area contributed by atoms with Crippen LogP contribution in [-0.2, 0) is 4.74 Å². The fraction of sp³-hybridized carbons (Fsp3) is 0.800. The second kappa shape index (κ2) is 5.83. The van der Waals surface area contributed by atoms with Crippen molar-refractivity contribution in [3.63, 3.8) is 0 Å². The number of hydrogen-bond acceptors (Lipinski definition) is 7. The van der Waals surface area contributed by atoms with Crippen LogP contribution in [0.25, 0.3) is 0 Å². The van der Waals surface area contributed by atoms with Gasteiger partial charge in [0, 0.05) is 18.1 Å². The van der Waals surface area contributed by atoms with Gasteiger partial charge in [-0.15, -0.1) is 0 Å². The Bertz CT molecular complexity index is 405. The normalized spacial score (nSPS) is 26.9. The van der Waals surface area contributed by atoms with Gasteiger partial charge in [-0.1, -0.05) is 0 Å². The topological polar surface area (TPSA) is 120 Å². The van der Waals surface area contributed by atoms with E-state index in [-0.39, 0.29) is 30.6 Å². The van der Waals surface area contributed by atoms with Gasteiger partial charge in [-0.25, -0.2) is 0 Å². The third-order valence-corrected chi connectivity index (χ3v) is 3.28. The van der Waals surface area contributed by atoms with Gasteiger partial charge in [0.15, 0.2) is 5.82 Å². The van der Waals surface area contributed by atoms with Gasteiger partial charge < -0.3 is 15.4 Å². The van der Waals surface area contributed by atoms with Crippen molar-refractivity contribution >= 4 is 0 Å². The minimum atomic E-state index is -0.950. The zero-order valence-corrected chi connectivity index (χ0v) is 10.3. The molecule has 0 saturated carbocycles. The van der Waals surface area contributed by atoms with Crippen molar-refractivity contribution in [2.24, 2.45) is 0 Å².